The third kappa shape index (κ3) is 9.11. The molecule has 0 aromatic rings. The van der Waals surface area contributed by atoms with Crippen LogP contribution >= 0.6 is 0 Å². The minimum absolute atomic E-state index is 0.129. The van der Waals surface area contributed by atoms with E-state index in [9.17, 15) is 14.4 Å². The molecule has 4 atom stereocenters. The highest BCUT2D eigenvalue weighted by molar-refractivity contribution is 5.83. The van der Waals surface area contributed by atoms with Gasteiger partial charge in [0.2, 0.25) is 0 Å². The number of hydrogen-bond acceptors (Lipinski definition) is 5. The van der Waals surface area contributed by atoms with Crippen LogP contribution in [0.2, 0.25) is 0 Å². The van der Waals surface area contributed by atoms with Crippen LogP contribution in [0.1, 0.15) is 73.6 Å². The normalized spacial score (nSPS) is 23.9. The van der Waals surface area contributed by atoms with Gasteiger partial charge in [-0.1, -0.05) is 26.7 Å². The molecule has 0 bridgehead atoms. The van der Waals surface area contributed by atoms with E-state index in [2.05, 4.69) is 24.5 Å². The van der Waals surface area contributed by atoms with Crippen LogP contribution in [0.25, 0.3) is 0 Å². The van der Waals surface area contributed by atoms with Crippen molar-refractivity contribution < 1.29 is 23.9 Å². The van der Waals surface area contributed by atoms with E-state index in [0.29, 0.717) is 24.8 Å². The maximum atomic E-state index is 12.3. The first-order chi connectivity index (χ1) is 12.5. The van der Waals surface area contributed by atoms with Gasteiger partial charge in [0.15, 0.2) is 6.10 Å². The molecule has 2 amide bonds. The molecule has 1 rings (SSSR count). The van der Waals surface area contributed by atoms with Crippen molar-refractivity contribution in [3.05, 3.63) is 0 Å². The Kier molecular flexibility index (Phi) is 9.06. The smallest absolute Gasteiger partial charge is 0.407 e. The van der Waals surface area contributed by atoms with Crippen LogP contribution in [-0.4, -0.2) is 42.3 Å². The minimum Gasteiger partial charge on any atom is -0.453 e. The third-order valence-corrected chi connectivity index (χ3v) is 4.94. The van der Waals surface area contributed by atoms with Crippen molar-refractivity contribution in [2.45, 2.75) is 91.4 Å². The Balaban J connectivity index is 2.25. The molecule has 156 valence electrons. The Bertz CT molecular complexity index is 515. The molecule has 0 aromatic heterocycles. The van der Waals surface area contributed by atoms with Gasteiger partial charge < -0.3 is 20.1 Å². The largest absolute Gasteiger partial charge is 0.453 e. The molecular formula is C20H36N2O5. The molecule has 0 aliphatic heterocycles. The molecule has 1 fully saturated rings. The molecule has 1 aliphatic carbocycles. The van der Waals surface area contributed by atoms with Gasteiger partial charge in [-0.2, -0.15) is 0 Å². The third-order valence-electron chi connectivity index (χ3n) is 4.94. The number of carbonyl (C=O) groups excluding carboxylic acids is 3. The first-order valence-corrected chi connectivity index (χ1v) is 9.96. The second-order valence-electron chi connectivity index (χ2n) is 8.55. The van der Waals surface area contributed by atoms with Crippen LogP contribution in [0.15, 0.2) is 0 Å². The molecule has 0 spiro atoms. The van der Waals surface area contributed by atoms with Gasteiger partial charge >= 0.3 is 12.1 Å². The Labute approximate surface area is 162 Å². The number of ether oxygens (including phenoxy) is 2. The van der Waals surface area contributed by atoms with E-state index >= 15 is 0 Å². The average Bonchev–Trinajstić information content (AvgIpc) is 2.54. The van der Waals surface area contributed by atoms with Crippen molar-refractivity contribution in [1.29, 1.82) is 0 Å². The van der Waals surface area contributed by atoms with Crippen molar-refractivity contribution in [2.24, 2.45) is 11.8 Å². The Morgan fingerprint density at radius 3 is 2.44 bits per heavy atom. The average molecular weight is 385 g/mol. The molecule has 0 unspecified atom stereocenters. The van der Waals surface area contributed by atoms with E-state index < -0.39 is 23.8 Å². The zero-order chi connectivity index (χ0) is 20.6. The molecular weight excluding hydrogens is 348 g/mol. The van der Waals surface area contributed by atoms with Crippen molar-refractivity contribution in [1.82, 2.24) is 10.6 Å². The van der Waals surface area contributed by atoms with E-state index in [-0.39, 0.29) is 18.4 Å². The SMILES string of the molecule is C[C@H]1[C@@H](NC(=O)[C@@H](C)OC(=O)CCCNC(=O)OC(C)(C)C)CCC[C@@H]1C. The van der Waals surface area contributed by atoms with Crippen LogP contribution in [0.3, 0.4) is 0 Å². The molecule has 7 heteroatoms. The van der Waals surface area contributed by atoms with Crippen molar-refractivity contribution in [3.8, 4) is 0 Å². The quantitative estimate of drug-likeness (QED) is 0.519. The summed E-state index contributed by atoms with van der Waals surface area (Å²) in [6, 6.07) is 0.139. The maximum Gasteiger partial charge on any atom is 0.407 e. The summed E-state index contributed by atoms with van der Waals surface area (Å²) in [6.45, 7) is 11.6. The van der Waals surface area contributed by atoms with Crippen molar-refractivity contribution in [2.75, 3.05) is 6.54 Å². The summed E-state index contributed by atoms with van der Waals surface area (Å²) in [5.74, 6) is 0.304. The topological polar surface area (TPSA) is 93.7 Å². The van der Waals surface area contributed by atoms with Crippen LogP contribution in [0.5, 0.6) is 0 Å². The molecule has 2 N–H and O–H groups in total. The molecule has 0 saturated heterocycles. The van der Waals surface area contributed by atoms with E-state index in [1.807, 2.05) is 0 Å². The van der Waals surface area contributed by atoms with Crippen LogP contribution in [0, 0.1) is 11.8 Å². The number of amides is 2. The standard InChI is InChI=1S/C20H36N2O5/c1-13-9-7-10-16(14(13)2)22-18(24)15(3)26-17(23)11-8-12-21-19(25)27-20(4,5)6/h13-16H,7-12H2,1-6H3,(H,21,25)(H,22,24)/t13-,14+,15+,16-/m0/s1. The van der Waals surface area contributed by atoms with Crippen LogP contribution in [0.4, 0.5) is 4.79 Å². The first-order valence-electron chi connectivity index (χ1n) is 9.96. The monoisotopic (exact) mass is 384 g/mol. The lowest BCUT2D eigenvalue weighted by Crippen LogP contribution is -2.47. The lowest BCUT2D eigenvalue weighted by Gasteiger charge is -2.35. The number of hydrogen-bond donors (Lipinski definition) is 2. The van der Waals surface area contributed by atoms with Gasteiger partial charge in [0.05, 0.1) is 0 Å². The van der Waals surface area contributed by atoms with Gasteiger partial charge in [-0.25, -0.2) is 4.79 Å². The summed E-state index contributed by atoms with van der Waals surface area (Å²) in [7, 11) is 0. The summed E-state index contributed by atoms with van der Waals surface area (Å²) >= 11 is 0. The Morgan fingerprint density at radius 2 is 1.81 bits per heavy atom. The van der Waals surface area contributed by atoms with Crippen LogP contribution in [-0.2, 0) is 19.1 Å². The number of nitrogens with one attached hydrogen (secondary N) is 2. The second-order valence-corrected chi connectivity index (χ2v) is 8.55. The molecule has 0 heterocycles. The number of alkyl carbamates (subject to hydrolysis) is 1. The van der Waals surface area contributed by atoms with Crippen molar-refractivity contribution >= 4 is 18.0 Å². The Hall–Kier alpha value is -1.79. The van der Waals surface area contributed by atoms with Gasteiger partial charge in [-0.15, -0.1) is 0 Å². The molecule has 27 heavy (non-hydrogen) atoms. The molecule has 7 nitrogen and oxygen atoms in total. The fraction of sp³-hybridized carbons (Fsp3) is 0.850. The zero-order valence-electron chi connectivity index (χ0n) is 17.6. The van der Waals surface area contributed by atoms with Gasteiger partial charge in [0.1, 0.15) is 5.60 Å². The zero-order valence-corrected chi connectivity index (χ0v) is 17.6. The van der Waals surface area contributed by atoms with Crippen LogP contribution < -0.4 is 10.6 Å². The summed E-state index contributed by atoms with van der Waals surface area (Å²) in [5, 5.41) is 5.60. The maximum absolute atomic E-state index is 12.3. The second kappa shape index (κ2) is 10.5. The van der Waals surface area contributed by atoms with Gasteiger partial charge in [-0.3, -0.25) is 9.59 Å². The number of esters is 1. The molecule has 1 aliphatic rings. The fourth-order valence-electron chi connectivity index (χ4n) is 3.13. The lowest BCUT2D eigenvalue weighted by atomic mass is 9.78. The fourth-order valence-corrected chi connectivity index (χ4v) is 3.13. The van der Waals surface area contributed by atoms with E-state index in [1.54, 1.807) is 27.7 Å². The molecule has 0 aromatic carbocycles. The summed E-state index contributed by atoms with van der Waals surface area (Å²) in [6.07, 6.45) is 2.48. The summed E-state index contributed by atoms with van der Waals surface area (Å²) in [5.41, 5.74) is -0.556. The van der Waals surface area contributed by atoms with E-state index in [0.717, 1.165) is 12.8 Å². The predicted octanol–water partition coefficient (Wildman–Crippen LogP) is 3.16. The molecule has 0 radical (unpaired) electrons. The first kappa shape index (κ1) is 23.2. The van der Waals surface area contributed by atoms with Crippen molar-refractivity contribution in [3.63, 3.8) is 0 Å². The van der Waals surface area contributed by atoms with Gasteiger partial charge in [0, 0.05) is 19.0 Å². The summed E-state index contributed by atoms with van der Waals surface area (Å²) in [4.78, 5) is 35.7. The van der Waals surface area contributed by atoms with E-state index in [1.165, 1.54) is 6.42 Å². The predicted molar refractivity (Wildman–Crippen MR) is 103 cm³/mol. The Morgan fingerprint density at radius 1 is 1.15 bits per heavy atom. The summed E-state index contributed by atoms with van der Waals surface area (Å²) < 4.78 is 10.3. The van der Waals surface area contributed by atoms with Gasteiger partial charge in [-0.05, 0) is 52.4 Å². The number of carbonyl (C=O) groups is 3. The highest BCUT2D eigenvalue weighted by Crippen LogP contribution is 2.29. The highest BCUT2D eigenvalue weighted by atomic mass is 16.6. The number of rotatable bonds is 7. The minimum atomic E-state index is -0.819. The van der Waals surface area contributed by atoms with Gasteiger partial charge in [0.25, 0.3) is 5.91 Å². The molecule has 1 saturated carbocycles. The highest BCUT2D eigenvalue weighted by Gasteiger charge is 2.30. The lowest BCUT2D eigenvalue weighted by molar-refractivity contribution is -0.155. The van der Waals surface area contributed by atoms with E-state index in [4.69, 9.17) is 9.47 Å².